The molecule has 0 aliphatic heterocycles. The molecule has 0 spiro atoms. The van der Waals surface area contributed by atoms with Crippen molar-refractivity contribution in [2.45, 2.75) is 47.0 Å². The third-order valence-corrected chi connectivity index (χ3v) is 9.36. The van der Waals surface area contributed by atoms with E-state index >= 15 is 0 Å². The molecule has 8 rings (SSSR count). The maximum atomic E-state index is 6.52. The molecular formula is C45H38N4OPt. The molecule has 0 bridgehead atoms. The Kier molecular flexibility index (Phi) is 9.03. The van der Waals surface area contributed by atoms with Crippen LogP contribution in [0, 0.1) is 32.9 Å². The Labute approximate surface area is 313 Å². The first-order valence-electron chi connectivity index (χ1n) is 17.0. The average Bonchev–Trinajstić information content (AvgIpc) is 3.67. The van der Waals surface area contributed by atoms with E-state index in [0.717, 1.165) is 50.1 Å². The topological polar surface area (TPSA) is 44.9 Å². The van der Waals surface area contributed by atoms with Gasteiger partial charge in [0.1, 0.15) is 5.82 Å². The molecule has 0 unspecified atom stereocenters. The average molecular weight is 846 g/mol. The number of ether oxygens (including phenoxy) is 1. The van der Waals surface area contributed by atoms with Crippen molar-refractivity contribution in [2.75, 3.05) is 0 Å². The Hall–Kier alpha value is -5.25. The Balaban J connectivity index is 0.00000406. The van der Waals surface area contributed by atoms with Crippen molar-refractivity contribution in [3.8, 4) is 45.4 Å². The summed E-state index contributed by atoms with van der Waals surface area (Å²) in [7, 11) is 0. The summed E-state index contributed by atoms with van der Waals surface area (Å²) >= 11 is 0. The number of hydrogen-bond donors (Lipinski definition) is 0. The SMILES string of the molecule is Cc1cc(C)c(-c2cnn(-c3[c-]c(Oc4[c-]c5c(cc4)c4ccccc4n5-c4cc(C(C)(C)C)ccn4)ccc3)c2-c2ccccc2)c(C)c1.[Pt+2]. The van der Waals surface area contributed by atoms with E-state index in [0.29, 0.717) is 11.5 Å². The van der Waals surface area contributed by atoms with Gasteiger partial charge in [0, 0.05) is 34.3 Å². The van der Waals surface area contributed by atoms with Crippen LogP contribution in [-0.4, -0.2) is 19.3 Å². The van der Waals surface area contributed by atoms with Crippen LogP contribution < -0.4 is 4.74 Å². The van der Waals surface area contributed by atoms with Crippen molar-refractivity contribution in [2.24, 2.45) is 0 Å². The normalized spacial score (nSPS) is 11.6. The summed E-state index contributed by atoms with van der Waals surface area (Å²) in [6.45, 7) is 13.1. The molecule has 0 N–H and O–H groups in total. The van der Waals surface area contributed by atoms with Gasteiger partial charge in [0.15, 0.2) is 0 Å². The van der Waals surface area contributed by atoms with E-state index < -0.39 is 0 Å². The van der Waals surface area contributed by atoms with Gasteiger partial charge in [0.2, 0.25) is 0 Å². The molecule has 0 amide bonds. The summed E-state index contributed by atoms with van der Waals surface area (Å²) < 4.78 is 10.7. The van der Waals surface area contributed by atoms with Gasteiger partial charge in [-0.05, 0) is 77.7 Å². The molecule has 0 radical (unpaired) electrons. The predicted octanol–water partition coefficient (Wildman–Crippen LogP) is 11.3. The standard InChI is InChI=1S/C45H38N4O.Pt/c1-29-23-30(2)43(31(3)24-29)39-28-47-49(44(39)32-13-8-7-9-14-32)34-15-12-16-35(26-34)50-36-19-20-38-37-17-10-11-18-40(37)48(41(38)27-36)42-25-33(21-22-46-42)45(4,5)6;/h7-25,28H,1-6H3;/q-2;+2. The summed E-state index contributed by atoms with van der Waals surface area (Å²) in [4.78, 5) is 4.81. The van der Waals surface area contributed by atoms with Gasteiger partial charge in [-0.2, -0.15) is 17.2 Å². The van der Waals surface area contributed by atoms with Crippen LogP contribution in [0.1, 0.15) is 43.0 Å². The van der Waals surface area contributed by atoms with Crippen LogP contribution in [0.3, 0.4) is 0 Å². The molecule has 3 heterocycles. The van der Waals surface area contributed by atoms with Crippen molar-refractivity contribution in [1.82, 2.24) is 19.3 Å². The Morgan fingerprint density at radius 2 is 1.43 bits per heavy atom. The first kappa shape index (κ1) is 34.2. The smallest absolute Gasteiger partial charge is 0.509 e. The second kappa shape index (κ2) is 13.5. The van der Waals surface area contributed by atoms with Crippen molar-refractivity contribution in [3.05, 3.63) is 156 Å². The Morgan fingerprint density at radius 1 is 0.706 bits per heavy atom. The van der Waals surface area contributed by atoms with E-state index in [1.165, 1.54) is 27.8 Å². The van der Waals surface area contributed by atoms with Crippen molar-refractivity contribution >= 4 is 21.8 Å². The van der Waals surface area contributed by atoms with E-state index in [2.05, 4.69) is 137 Å². The molecule has 0 fully saturated rings. The molecule has 51 heavy (non-hydrogen) atoms. The third-order valence-electron chi connectivity index (χ3n) is 9.36. The monoisotopic (exact) mass is 845 g/mol. The fourth-order valence-corrected chi connectivity index (χ4v) is 7.11. The Bertz CT molecular complexity index is 2520. The summed E-state index contributed by atoms with van der Waals surface area (Å²) in [6.07, 6.45) is 3.86. The van der Waals surface area contributed by atoms with Crippen molar-refractivity contribution in [1.29, 1.82) is 0 Å². The molecule has 0 aliphatic rings. The Morgan fingerprint density at radius 3 is 2.20 bits per heavy atom. The van der Waals surface area contributed by atoms with Gasteiger partial charge in [-0.3, -0.25) is 4.68 Å². The van der Waals surface area contributed by atoms with Crippen LogP contribution in [0.4, 0.5) is 0 Å². The van der Waals surface area contributed by atoms with Crippen LogP contribution in [0.25, 0.3) is 55.7 Å². The molecule has 254 valence electrons. The largest absolute Gasteiger partial charge is 2.00 e. The zero-order chi connectivity index (χ0) is 34.6. The number of rotatable bonds is 6. The molecule has 8 aromatic rings. The maximum absolute atomic E-state index is 6.52. The number of hydrogen-bond acceptors (Lipinski definition) is 3. The minimum absolute atomic E-state index is 0. The number of benzene rings is 5. The summed E-state index contributed by atoms with van der Waals surface area (Å²) in [5, 5.41) is 7.17. The fourth-order valence-electron chi connectivity index (χ4n) is 7.11. The van der Waals surface area contributed by atoms with Gasteiger partial charge in [0.05, 0.1) is 11.9 Å². The zero-order valence-corrected chi connectivity index (χ0v) is 31.8. The van der Waals surface area contributed by atoms with E-state index in [1.807, 2.05) is 47.4 Å². The third kappa shape index (κ3) is 6.32. The molecule has 3 aromatic heterocycles. The molecule has 5 nitrogen and oxygen atoms in total. The second-order valence-corrected chi connectivity index (χ2v) is 14.1. The van der Waals surface area contributed by atoms with E-state index in [-0.39, 0.29) is 26.5 Å². The van der Waals surface area contributed by atoms with E-state index in [1.54, 1.807) is 0 Å². The van der Waals surface area contributed by atoms with E-state index in [4.69, 9.17) is 14.8 Å². The quantitative estimate of drug-likeness (QED) is 0.157. The fraction of sp³-hybridized carbons (Fsp3) is 0.156. The summed E-state index contributed by atoms with van der Waals surface area (Å²) in [5.41, 5.74) is 12.1. The van der Waals surface area contributed by atoms with Crippen molar-refractivity contribution < 1.29 is 25.8 Å². The van der Waals surface area contributed by atoms with Gasteiger partial charge in [0.25, 0.3) is 0 Å². The molecular weight excluding hydrogens is 808 g/mol. The number of fused-ring (bicyclic) bond motifs is 3. The van der Waals surface area contributed by atoms with Gasteiger partial charge < -0.3 is 9.30 Å². The van der Waals surface area contributed by atoms with Crippen LogP contribution in [0.15, 0.2) is 122 Å². The number of aryl methyl sites for hydroxylation is 3. The summed E-state index contributed by atoms with van der Waals surface area (Å²) in [5.74, 6) is 2.03. The number of aromatic nitrogens is 4. The first-order chi connectivity index (χ1) is 24.2. The zero-order valence-electron chi connectivity index (χ0n) is 29.6. The second-order valence-electron chi connectivity index (χ2n) is 14.1. The van der Waals surface area contributed by atoms with Gasteiger partial charge in [-0.25, -0.2) is 4.98 Å². The first-order valence-corrected chi connectivity index (χ1v) is 17.0. The number of nitrogens with zero attached hydrogens (tertiary/aromatic N) is 4. The molecule has 6 heteroatoms. The van der Waals surface area contributed by atoms with Crippen LogP contribution >= 0.6 is 0 Å². The number of para-hydroxylation sites is 1. The van der Waals surface area contributed by atoms with Crippen LogP contribution in [0.2, 0.25) is 0 Å². The molecule has 0 aliphatic carbocycles. The maximum Gasteiger partial charge on any atom is 2.00 e. The summed E-state index contributed by atoms with van der Waals surface area (Å²) in [6, 6.07) is 44.7. The van der Waals surface area contributed by atoms with Gasteiger partial charge >= 0.3 is 21.1 Å². The molecule has 0 saturated heterocycles. The van der Waals surface area contributed by atoms with Gasteiger partial charge in [-0.1, -0.05) is 92.5 Å². The minimum atomic E-state index is -0.0111. The van der Waals surface area contributed by atoms with Crippen LogP contribution in [-0.2, 0) is 26.5 Å². The van der Waals surface area contributed by atoms with Crippen molar-refractivity contribution in [3.63, 3.8) is 0 Å². The molecule has 5 aromatic carbocycles. The molecule has 0 atom stereocenters. The van der Waals surface area contributed by atoms with Crippen LogP contribution in [0.5, 0.6) is 11.5 Å². The number of pyridine rings is 1. The van der Waals surface area contributed by atoms with Gasteiger partial charge in [-0.15, -0.1) is 35.7 Å². The molecule has 0 saturated carbocycles. The predicted molar refractivity (Wildman–Crippen MR) is 204 cm³/mol. The minimum Gasteiger partial charge on any atom is -0.509 e. The van der Waals surface area contributed by atoms with E-state index in [9.17, 15) is 0 Å².